The molecule has 3 heteroatoms. The average molecular weight is 234 g/mol. The molecule has 0 aromatic heterocycles. The van der Waals surface area contributed by atoms with Crippen LogP contribution in [0.5, 0.6) is 0 Å². The van der Waals surface area contributed by atoms with Gasteiger partial charge in [-0.3, -0.25) is 4.79 Å². The number of hydrogen-bond donors (Lipinski definition) is 0. The third-order valence-corrected chi connectivity index (χ3v) is 4.43. The number of hydrogen-bond acceptors (Lipinski definition) is 2. The first-order valence-electron chi connectivity index (χ1n) is 6.82. The van der Waals surface area contributed by atoms with Crippen molar-refractivity contribution in [1.82, 2.24) is 4.90 Å². The molecule has 0 spiro atoms. The van der Waals surface area contributed by atoms with Gasteiger partial charge in [-0.2, -0.15) is 5.26 Å². The largest absolute Gasteiger partial charge is 0.343 e. The Labute approximate surface area is 104 Å². The smallest absolute Gasteiger partial charge is 0.222 e. The molecule has 1 amide bonds. The van der Waals surface area contributed by atoms with Gasteiger partial charge in [0.05, 0.1) is 11.5 Å². The highest BCUT2D eigenvalue weighted by molar-refractivity contribution is 5.76. The first kappa shape index (κ1) is 12.4. The fraction of sp³-hybridized carbons (Fsp3) is 0.857. The Morgan fingerprint density at radius 1 is 1.35 bits per heavy atom. The number of carbonyl (C=O) groups is 1. The Hall–Kier alpha value is -1.04. The first-order valence-corrected chi connectivity index (χ1v) is 6.82. The van der Waals surface area contributed by atoms with Crippen molar-refractivity contribution in [3.63, 3.8) is 0 Å². The van der Waals surface area contributed by atoms with Crippen molar-refractivity contribution in [3.8, 4) is 6.07 Å². The number of nitrogens with zero attached hydrogens (tertiary/aromatic N) is 2. The van der Waals surface area contributed by atoms with Crippen LogP contribution in [0.3, 0.4) is 0 Å². The van der Waals surface area contributed by atoms with Gasteiger partial charge in [0.15, 0.2) is 0 Å². The van der Waals surface area contributed by atoms with Crippen LogP contribution in [0, 0.1) is 22.7 Å². The molecule has 3 nitrogen and oxygen atoms in total. The molecule has 2 fully saturated rings. The van der Waals surface area contributed by atoms with E-state index in [0.29, 0.717) is 11.8 Å². The van der Waals surface area contributed by atoms with Crippen LogP contribution in [0.15, 0.2) is 0 Å². The minimum atomic E-state index is -0.204. The molecule has 0 unspecified atom stereocenters. The highest BCUT2D eigenvalue weighted by atomic mass is 16.2. The Balaban J connectivity index is 1.80. The minimum Gasteiger partial charge on any atom is -0.343 e. The predicted molar refractivity (Wildman–Crippen MR) is 66.1 cm³/mol. The fourth-order valence-corrected chi connectivity index (χ4v) is 2.95. The maximum absolute atomic E-state index is 12.1. The zero-order valence-electron chi connectivity index (χ0n) is 10.7. The molecule has 0 aromatic rings. The molecular weight excluding hydrogens is 212 g/mol. The van der Waals surface area contributed by atoms with Crippen molar-refractivity contribution >= 4 is 5.91 Å². The molecule has 1 saturated carbocycles. The molecule has 94 valence electrons. The third kappa shape index (κ3) is 3.00. The number of piperidine rings is 1. The number of amides is 1. The lowest BCUT2D eigenvalue weighted by Crippen LogP contribution is -2.42. The van der Waals surface area contributed by atoms with Crippen molar-refractivity contribution in [3.05, 3.63) is 0 Å². The van der Waals surface area contributed by atoms with Crippen LogP contribution in [0.2, 0.25) is 0 Å². The van der Waals surface area contributed by atoms with E-state index in [4.69, 9.17) is 5.26 Å². The lowest BCUT2D eigenvalue weighted by molar-refractivity contribution is -0.133. The van der Waals surface area contributed by atoms with Crippen molar-refractivity contribution in [2.75, 3.05) is 13.1 Å². The predicted octanol–water partition coefficient (Wildman–Crippen LogP) is 2.72. The zero-order chi connectivity index (χ0) is 12.3. The van der Waals surface area contributed by atoms with Crippen LogP contribution in [-0.4, -0.2) is 23.9 Å². The van der Waals surface area contributed by atoms with E-state index in [9.17, 15) is 4.79 Å². The molecule has 17 heavy (non-hydrogen) atoms. The van der Waals surface area contributed by atoms with Gasteiger partial charge in [0.1, 0.15) is 0 Å². The monoisotopic (exact) mass is 234 g/mol. The van der Waals surface area contributed by atoms with E-state index < -0.39 is 0 Å². The summed E-state index contributed by atoms with van der Waals surface area (Å²) in [6.07, 6.45) is 7.46. The topological polar surface area (TPSA) is 44.1 Å². The molecule has 2 aliphatic rings. The molecule has 2 rings (SSSR count). The quantitative estimate of drug-likeness (QED) is 0.737. The molecule has 0 radical (unpaired) electrons. The van der Waals surface area contributed by atoms with Crippen molar-refractivity contribution < 1.29 is 4.79 Å². The SMILES string of the molecule is CC1(C#N)CCN(C(=O)CC2CCCC2)CC1. The number of nitriles is 1. The van der Waals surface area contributed by atoms with E-state index in [0.717, 1.165) is 32.4 Å². The van der Waals surface area contributed by atoms with Gasteiger partial charge in [-0.25, -0.2) is 0 Å². The van der Waals surface area contributed by atoms with Gasteiger partial charge < -0.3 is 4.90 Å². The summed E-state index contributed by atoms with van der Waals surface area (Å²) in [6, 6.07) is 2.37. The van der Waals surface area contributed by atoms with Crippen molar-refractivity contribution in [2.24, 2.45) is 11.3 Å². The van der Waals surface area contributed by atoms with Crippen LogP contribution in [0.1, 0.15) is 51.9 Å². The standard InChI is InChI=1S/C14H22N2O/c1-14(11-15)6-8-16(9-7-14)13(17)10-12-4-2-3-5-12/h12H,2-10H2,1H3. The normalized spacial score (nSPS) is 24.6. The van der Waals surface area contributed by atoms with Gasteiger partial charge in [-0.05, 0) is 38.5 Å². The van der Waals surface area contributed by atoms with Crippen molar-refractivity contribution in [1.29, 1.82) is 5.26 Å². The summed E-state index contributed by atoms with van der Waals surface area (Å²) in [4.78, 5) is 14.1. The van der Waals surface area contributed by atoms with E-state index in [2.05, 4.69) is 6.07 Å². The molecular formula is C14H22N2O. The van der Waals surface area contributed by atoms with Crippen LogP contribution >= 0.6 is 0 Å². The van der Waals surface area contributed by atoms with E-state index in [1.54, 1.807) is 0 Å². The van der Waals surface area contributed by atoms with Gasteiger partial charge in [-0.15, -0.1) is 0 Å². The molecule has 0 bridgehead atoms. The highest BCUT2D eigenvalue weighted by Gasteiger charge is 2.32. The van der Waals surface area contributed by atoms with Crippen LogP contribution < -0.4 is 0 Å². The van der Waals surface area contributed by atoms with Crippen LogP contribution in [-0.2, 0) is 4.79 Å². The summed E-state index contributed by atoms with van der Waals surface area (Å²) in [7, 11) is 0. The lowest BCUT2D eigenvalue weighted by Gasteiger charge is -2.35. The van der Waals surface area contributed by atoms with Gasteiger partial charge in [0, 0.05) is 19.5 Å². The summed E-state index contributed by atoms with van der Waals surface area (Å²) in [5, 5.41) is 9.05. The van der Waals surface area contributed by atoms with Gasteiger partial charge in [0.25, 0.3) is 0 Å². The second kappa shape index (κ2) is 5.08. The first-order chi connectivity index (χ1) is 8.13. The lowest BCUT2D eigenvalue weighted by atomic mass is 9.82. The molecule has 0 aromatic carbocycles. The molecule has 1 aliphatic carbocycles. The van der Waals surface area contributed by atoms with E-state index in [1.807, 2.05) is 11.8 Å². The average Bonchev–Trinajstić information content (AvgIpc) is 2.83. The van der Waals surface area contributed by atoms with Gasteiger partial charge in [0.2, 0.25) is 5.91 Å². The molecule has 1 saturated heterocycles. The third-order valence-electron chi connectivity index (χ3n) is 4.43. The number of rotatable bonds is 2. The Morgan fingerprint density at radius 2 is 1.94 bits per heavy atom. The summed E-state index contributed by atoms with van der Waals surface area (Å²) in [5.74, 6) is 0.948. The minimum absolute atomic E-state index is 0.204. The Morgan fingerprint density at radius 3 is 2.47 bits per heavy atom. The van der Waals surface area contributed by atoms with Gasteiger partial charge >= 0.3 is 0 Å². The Kier molecular flexibility index (Phi) is 3.71. The number of likely N-dealkylation sites (tertiary alicyclic amines) is 1. The maximum Gasteiger partial charge on any atom is 0.222 e. The van der Waals surface area contributed by atoms with E-state index >= 15 is 0 Å². The zero-order valence-corrected chi connectivity index (χ0v) is 10.7. The van der Waals surface area contributed by atoms with Crippen LogP contribution in [0.4, 0.5) is 0 Å². The molecule has 0 atom stereocenters. The van der Waals surface area contributed by atoms with Crippen LogP contribution in [0.25, 0.3) is 0 Å². The summed E-state index contributed by atoms with van der Waals surface area (Å²) < 4.78 is 0. The fourth-order valence-electron chi connectivity index (χ4n) is 2.95. The van der Waals surface area contributed by atoms with Crippen molar-refractivity contribution in [2.45, 2.75) is 51.9 Å². The summed E-state index contributed by atoms with van der Waals surface area (Å²) >= 11 is 0. The van der Waals surface area contributed by atoms with E-state index in [1.165, 1.54) is 25.7 Å². The maximum atomic E-state index is 12.1. The Bertz CT molecular complexity index is 318. The summed E-state index contributed by atoms with van der Waals surface area (Å²) in [5.41, 5.74) is -0.204. The number of carbonyl (C=O) groups excluding carboxylic acids is 1. The molecule has 1 heterocycles. The second-order valence-corrected chi connectivity index (χ2v) is 5.91. The molecule has 1 aliphatic heterocycles. The second-order valence-electron chi connectivity index (χ2n) is 5.91. The van der Waals surface area contributed by atoms with E-state index in [-0.39, 0.29) is 5.41 Å². The summed E-state index contributed by atoms with van der Waals surface area (Å²) in [6.45, 7) is 3.55. The van der Waals surface area contributed by atoms with Gasteiger partial charge in [-0.1, -0.05) is 12.8 Å². The molecule has 0 N–H and O–H groups in total. The highest BCUT2D eigenvalue weighted by Crippen LogP contribution is 2.32.